The number of carbonyl (C=O) groups is 2. The van der Waals surface area contributed by atoms with Crippen LogP contribution in [0.1, 0.15) is 24.2 Å². The van der Waals surface area contributed by atoms with Crippen LogP contribution in [0.25, 0.3) is 11.8 Å². The number of aromatic nitrogens is 1. The van der Waals surface area contributed by atoms with Gasteiger partial charge in [-0.2, -0.15) is 5.26 Å². The number of esters is 1. The van der Waals surface area contributed by atoms with Crippen LogP contribution >= 0.6 is 11.3 Å². The fraction of sp³-hybridized carbons (Fsp3) is 0.222. The number of hydrogen-bond acceptors (Lipinski definition) is 7. The monoisotopic (exact) mass is 386 g/mol. The van der Waals surface area contributed by atoms with Crippen LogP contribution < -0.4 is 25.8 Å². The molecule has 0 aliphatic heterocycles. The Morgan fingerprint density at radius 1 is 1.33 bits per heavy atom. The third-order valence-electron chi connectivity index (χ3n) is 3.57. The summed E-state index contributed by atoms with van der Waals surface area (Å²) in [6, 6.07) is 8.24. The Morgan fingerprint density at radius 3 is 2.52 bits per heavy atom. The molecule has 0 radical (unpaired) electrons. The second kappa shape index (κ2) is 8.82. The molecule has 140 valence electrons. The third kappa shape index (κ3) is 4.43. The van der Waals surface area contributed by atoms with E-state index in [4.69, 9.17) is 10.5 Å². The van der Waals surface area contributed by atoms with Gasteiger partial charge in [0, 0.05) is 24.0 Å². The van der Waals surface area contributed by atoms with Gasteiger partial charge in [0.1, 0.15) is 15.3 Å². The maximum Gasteiger partial charge on any atom is 0.351 e. The number of amides is 1. The quantitative estimate of drug-likeness (QED) is 0.679. The average molecular weight is 386 g/mol. The van der Waals surface area contributed by atoms with Crippen molar-refractivity contribution in [2.45, 2.75) is 20.4 Å². The summed E-state index contributed by atoms with van der Waals surface area (Å²) < 4.78 is 6.81. The van der Waals surface area contributed by atoms with Crippen molar-refractivity contribution in [2.24, 2.45) is 5.73 Å². The summed E-state index contributed by atoms with van der Waals surface area (Å²) in [6.45, 7) is 3.82. The molecule has 27 heavy (non-hydrogen) atoms. The van der Waals surface area contributed by atoms with Crippen molar-refractivity contribution < 1.29 is 14.3 Å². The van der Waals surface area contributed by atoms with Gasteiger partial charge in [0.05, 0.1) is 6.61 Å². The normalized spacial score (nSPS) is 12.3. The lowest BCUT2D eigenvalue weighted by Gasteiger charge is -2.00. The Labute approximate surface area is 158 Å². The van der Waals surface area contributed by atoms with Gasteiger partial charge in [0.25, 0.3) is 5.56 Å². The molecule has 0 aliphatic carbocycles. The highest BCUT2D eigenvalue weighted by Gasteiger charge is 2.16. The van der Waals surface area contributed by atoms with Crippen molar-refractivity contribution in [1.82, 2.24) is 4.57 Å². The standard InChI is InChI=1S/C18H18N4O4S/c1-3-22-16(24)14(27-17(22)13(9-19)18(25)26-4-2)10-21-12-7-5-11(6-8-12)15(20)23/h5-8,10,21H,3-4H2,1-2H3,(H2,20,23)/b14-10+,17-13-. The van der Waals surface area contributed by atoms with Gasteiger partial charge in [-0.05, 0) is 38.1 Å². The summed E-state index contributed by atoms with van der Waals surface area (Å²) in [6.07, 6.45) is 1.49. The van der Waals surface area contributed by atoms with Crippen molar-refractivity contribution >= 4 is 40.7 Å². The zero-order chi connectivity index (χ0) is 20.0. The number of carbonyl (C=O) groups excluding carboxylic acids is 2. The highest BCUT2D eigenvalue weighted by Crippen LogP contribution is 2.08. The molecule has 1 amide bonds. The number of ether oxygens (including phenoxy) is 1. The fourth-order valence-electron chi connectivity index (χ4n) is 2.26. The topological polar surface area (TPSA) is 127 Å². The van der Waals surface area contributed by atoms with Crippen LogP contribution in [0, 0.1) is 11.3 Å². The molecule has 1 aromatic heterocycles. The van der Waals surface area contributed by atoms with Crippen molar-refractivity contribution in [3.63, 3.8) is 0 Å². The molecule has 1 aromatic carbocycles. The molecule has 0 spiro atoms. The second-order valence-electron chi connectivity index (χ2n) is 5.26. The summed E-state index contributed by atoms with van der Waals surface area (Å²) in [5, 5.41) is 12.3. The van der Waals surface area contributed by atoms with Crippen LogP contribution in [-0.2, 0) is 16.1 Å². The molecule has 3 N–H and O–H groups in total. The van der Waals surface area contributed by atoms with Gasteiger partial charge < -0.3 is 15.8 Å². The van der Waals surface area contributed by atoms with Crippen LogP contribution in [0.3, 0.4) is 0 Å². The molecule has 8 nitrogen and oxygen atoms in total. The van der Waals surface area contributed by atoms with Crippen molar-refractivity contribution in [1.29, 1.82) is 5.26 Å². The van der Waals surface area contributed by atoms with Crippen LogP contribution in [0.2, 0.25) is 0 Å². The highest BCUT2D eigenvalue weighted by atomic mass is 32.1. The van der Waals surface area contributed by atoms with Gasteiger partial charge in [-0.3, -0.25) is 14.2 Å². The van der Waals surface area contributed by atoms with Crippen molar-refractivity contribution in [3.8, 4) is 6.07 Å². The Balaban J connectivity index is 2.50. The number of nitrogens with zero attached hydrogens (tertiary/aromatic N) is 2. The number of primary amides is 1. The first kappa shape index (κ1) is 19.9. The van der Waals surface area contributed by atoms with E-state index in [0.29, 0.717) is 22.3 Å². The van der Waals surface area contributed by atoms with Gasteiger partial charge in [0.2, 0.25) is 5.91 Å². The van der Waals surface area contributed by atoms with E-state index < -0.39 is 11.9 Å². The molecule has 1 heterocycles. The highest BCUT2D eigenvalue weighted by molar-refractivity contribution is 7.07. The Hall–Kier alpha value is -3.38. The Morgan fingerprint density at radius 2 is 2.00 bits per heavy atom. The summed E-state index contributed by atoms with van der Waals surface area (Å²) >= 11 is 1.02. The molecule has 0 unspecified atom stereocenters. The lowest BCUT2D eigenvalue weighted by molar-refractivity contribution is -0.136. The number of thiazole rings is 1. The van der Waals surface area contributed by atoms with E-state index in [-0.39, 0.29) is 22.4 Å². The lowest BCUT2D eigenvalue weighted by Crippen LogP contribution is -2.32. The smallest absolute Gasteiger partial charge is 0.351 e. The zero-order valence-corrected chi connectivity index (χ0v) is 15.6. The molecule has 0 fully saturated rings. The van der Waals surface area contributed by atoms with E-state index in [1.807, 2.05) is 6.07 Å². The molecule has 0 aliphatic rings. The number of anilines is 1. The molecule has 9 heteroatoms. The number of rotatable bonds is 6. The molecule has 0 bridgehead atoms. The van der Waals surface area contributed by atoms with Crippen LogP contribution in [0.15, 0.2) is 29.1 Å². The van der Waals surface area contributed by atoms with E-state index in [1.54, 1.807) is 38.1 Å². The summed E-state index contributed by atoms with van der Waals surface area (Å²) in [4.78, 5) is 35.6. The SMILES string of the molecule is CCOC(=O)/C(C#N)=c1\s/c(=C/Nc2ccc(C(N)=O)cc2)c(=O)n1CC. The Bertz CT molecular complexity index is 1070. The molecule has 2 rings (SSSR count). The number of nitrogens with one attached hydrogen (secondary N) is 1. The predicted octanol–water partition coefficient (Wildman–Crippen LogP) is 0.116. The minimum Gasteiger partial charge on any atom is -0.462 e. The van der Waals surface area contributed by atoms with Crippen LogP contribution in [0.4, 0.5) is 5.69 Å². The largest absolute Gasteiger partial charge is 0.462 e. The van der Waals surface area contributed by atoms with E-state index in [1.165, 1.54) is 10.8 Å². The third-order valence-corrected chi connectivity index (χ3v) is 4.70. The number of hydrogen-bond donors (Lipinski definition) is 2. The molecular formula is C18H18N4O4S. The van der Waals surface area contributed by atoms with E-state index >= 15 is 0 Å². The molecular weight excluding hydrogens is 368 g/mol. The number of benzene rings is 1. The minimum absolute atomic E-state index is 0.133. The maximum atomic E-state index is 12.6. The molecule has 0 saturated heterocycles. The average Bonchev–Trinajstić information content (AvgIpc) is 2.96. The van der Waals surface area contributed by atoms with Crippen molar-refractivity contribution in [3.05, 3.63) is 49.4 Å². The van der Waals surface area contributed by atoms with Gasteiger partial charge in [0.15, 0.2) is 5.57 Å². The summed E-state index contributed by atoms with van der Waals surface area (Å²) in [5.41, 5.74) is 5.68. The molecule has 0 saturated carbocycles. The molecule has 2 aromatic rings. The zero-order valence-electron chi connectivity index (χ0n) is 14.8. The maximum absolute atomic E-state index is 12.6. The number of nitriles is 1. The first-order valence-electron chi connectivity index (χ1n) is 8.10. The number of nitrogens with two attached hydrogens (primary N) is 1. The van der Waals surface area contributed by atoms with Gasteiger partial charge in [-0.25, -0.2) is 4.79 Å². The Kier molecular flexibility index (Phi) is 6.51. The lowest BCUT2D eigenvalue weighted by atomic mass is 10.2. The first-order valence-corrected chi connectivity index (χ1v) is 8.92. The second-order valence-corrected chi connectivity index (χ2v) is 6.29. The van der Waals surface area contributed by atoms with E-state index in [2.05, 4.69) is 5.32 Å². The predicted molar refractivity (Wildman–Crippen MR) is 102 cm³/mol. The van der Waals surface area contributed by atoms with Crippen LogP contribution in [0.5, 0.6) is 0 Å². The van der Waals surface area contributed by atoms with Gasteiger partial charge >= 0.3 is 5.97 Å². The summed E-state index contributed by atoms with van der Waals surface area (Å²) in [5.74, 6) is -1.29. The van der Waals surface area contributed by atoms with Crippen LogP contribution in [-0.4, -0.2) is 23.1 Å². The minimum atomic E-state index is -0.759. The van der Waals surface area contributed by atoms with Crippen molar-refractivity contribution in [2.75, 3.05) is 11.9 Å². The first-order chi connectivity index (χ1) is 12.9. The summed E-state index contributed by atoms with van der Waals surface area (Å²) in [7, 11) is 0. The fourth-order valence-corrected chi connectivity index (χ4v) is 3.33. The molecule has 0 atom stereocenters. The van der Waals surface area contributed by atoms with E-state index in [0.717, 1.165) is 11.3 Å². The van der Waals surface area contributed by atoms with Gasteiger partial charge in [-0.15, -0.1) is 11.3 Å². The van der Waals surface area contributed by atoms with Gasteiger partial charge in [-0.1, -0.05) is 0 Å². The van der Waals surface area contributed by atoms with E-state index in [9.17, 15) is 19.6 Å².